The van der Waals surface area contributed by atoms with Gasteiger partial charge in [0.2, 0.25) is 0 Å². The number of hydrogen-bond donors (Lipinski definition) is 1. The average Bonchev–Trinajstić information content (AvgIpc) is 2.70. The maximum Gasteiger partial charge on any atom is 0.122 e. The minimum atomic E-state index is -0.635. The smallest absolute Gasteiger partial charge is 0.122 e. The lowest BCUT2D eigenvalue weighted by atomic mass is 10.1. The molecule has 0 saturated heterocycles. The van der Waals surface area contributed by atoms with E-state index >= 15 is 0 Å². The van der Waals surface area contributed by atoms with E-state index in [9.17, 15) is 5.11 Å². The summed E-state index contributed by atoms with van der Waals surface area (Å²) in [4.78, 5) is 4.25. The van der Waals surface area contributed by atoms with Crippen molar-refractivity contribution in [3.63, 3.8) is 0 Å². The van der Waals surface area contributed by atoms with Crippen molar-refractivity contribution < 1.29 is 5.11 Å². The van der Waals surface area contributed by atoms with Crippen LogP contribution in [0.15, 0.2) is 23.6 Å². The highest BCUT2D eigenvalue weighted by molar-refractivity contribution is 7.09. The van der Waals surface area contributed by atoms with Gasteiger partial charge in [-0.1, -0.05) is 23.2 Å². The van der Waals surface area contributed by atoms with Crippen LogP contribution in [0.5, 0.6) is 0 Å². The number of aryl methyl sites for hydroxylation is 1. The molecule has 0 amide bonds. The second-order valence-electron chi connectivity index (χ2n) is 3.78. The van der Waals surface area contributed by atoms with Gasteiger partial charge in [0.1, 0.15) is 11.1 Å². The van der Waals surface area contributed by atoms with Crippen molar-refractivity contribution in [2.45, 2.75) is 19.4 Å². The molecule has 2 rings (SSSR count). The van der Waals surface area contributed by atoms with E-state index in [-0.39, 0.29) is 0 Å². The summed E-state index contributed by atoms with van der Waals surface area (Å²) >= 11 is 13.4. The molecule has 0 saturated carbocycles. The summed E-state index contributed by atoms with van der Waals surface area (Å²) in [5.41, 5.74) is 1.75. The Morgan fingerprint density at radius 2 is 2.18 bits per heavy atom. The van der Waals surface area contributed by atoms with E-state index < -0.39 is 6.10 Å². The molecule has 1 aromatic carbocycles. The fraction of sp³-hybridized carbons (Fsp3) is 0.250. The minimum Gasteiger partial charge on any atom is -0.386 e. The number of thiazole rings is 1. The molecule has 1 heterocycles. The standard InChI is InChI=1S/C12H11Cl2NOS/c1-7-6-17-12(15-7)11(16)5-8-4-9(13)2-3-10(8)14/h2-4,6,11,16H,5H2,1H3. The highest BCUT2D eigenvalue weighted by atomic mass is 35.5. The van der Waals surface area contributed by atoms with E-state index in [2.05, 4.69) is 4.98 Å². The Hall–Kier alpha value is -0.610. The van der Waals surface area contributed by atoms with Crippen LogP contribution in [-0.4, -0.2) is 10.1 Å². The molecule has 17 heavy (non-hydrogen) atoms. The first-order chi connectivity index (χ1) is 8.06. The molecule has 2 aromatic rings. The van der Waals surface area contributed by atoms with Crippen LogP contribution in [0.25, 0.3) is 0 Å². The zero-order chi connectivity index (χ0) is 12.4. The van der Waals surface area contributed by atoms with E-state index in [1.165, 1.54) is 11.3 Å². The topological polar surface area (TPSA) is 33.1 Å². The van der Waals surface area contributed by atoms with Crippen LogP contribution in [0.4, 0.5) is 0 Å². The highest BCUT2D eigenvalue weighted by Crippen LogP contribution is 2.27. The normalized spacial score (nSPS) is 12.7. The van der Waals surface area contributed by atoms with E-state index in [1.807, 2.05) is 12.3 Å². The molecule has 1 atom stereocenters. The minimum absolute atomic E-state index is 0.423. The first kappa shape index (κ1) is 12.8. The fourth-order valence-corrected chi connectivity index (χ4v) is 2.69. The van der Waals surface area contributed by atoms with Gasteiger partial charge in [-0.05, 0) is 30.7 Å². The molecule has 0 spiro atoms. The Morgan fingerprint density at radius 1 is 1.41 bits per heavy atom. The Labute approximate surface area is 114 Å². The van der Waals surface area contributed by atoms with Crippen molar-refractivity contribution in [2.75, 3.05) is 0 Å². The molecule has 0 aliphatic carbocycles. The lowest BCUT2D eigenvalue weighted by Crippen LogP contribution is -2.02. The summed E-state index contributed by atoms with van der Waals surface area (Å²) in [5, 5.41) is 13.9. The molecular weight excluding hydrogens is 277 g/mol. The number of nitrogens with zero attached hydrogens (tertiary/aromatic N) is 1. The van der Waals surface area contributed by atoms with Crippen LogP contribution in [0.3, 0.4) is 0 Å². The number of aliphatic hydroxyl groups excluding tert-OH is 1. The van der Waals surface area contributed by atoms with E-state index in [4.69, 9.17) is 23.2 Å². The third-order valence-electron chi connectivity index (χ3n) is 2.34. The zero-order valence-corrected chi connectivity index (χ0v) is 11.5. The van der Waals surface area contributed by atoms with Gasteiger partial charge in [0.15, 0.2) is 0 Å². The first-order valence-electron chi connectivity index (χ1n) is 5.10. The van der Waals surface area contributed by atoms with Crippen molar-refractivity contribution in [2.24, 2.45) is 0 Å². The summed E-state index contributed by atoms with van der Waals surface area (Å²) in [6.45, 7) is 1.90. The van der Waals surface area contributed by atoms with Gasteiger partial charge in [0, 0.05) is 27.5 Å². The third kappa shape index (κ3) is 3.19. The first-order valence-corrected chi connectivity index (χ1v) is 6.74. The Balaban J connectivity index is 2.18. The van der Waals surface area contributed by atoms with E-state index in [0.717, 1.165) is 11.3 Å². The fourth-order valence-electron chi connectivity index (χ4n) is 1.52. The van der Waals surface area contributed by atoms with Gasteiger partial charge >= 0.3 is 0 Å². The third-order valence-corrected chi connectivity index (χ3v) is 4.01. The summed E-state index contributed by atoms with van der Waals surface area (Å²) in [7, 11) is 0. The van der Waals surface area contributed by atoms with Crippen LogP contribution < -0.4 is 0 Å². The van der Waals surface area contributed by atoms with Gasteiger partial charge in [-0.15, -0.1) is 11.3 Å². The predicted octanol–water partition coefficient (Wildman–Crippen LogP) is 4.03. The molecule has 1 N–H and O–H groups in total. The zero-order valence-electron chi connectivity index (χ0n) is 9.15. The second kappa shape index (κ2) is 5.36. The SMILES string of the molecule is Cc1csc(C(O)Cc2cc(Cl)ccc2Cl)n1. The van der Waals surface area contributed by atoms with Gasteiger partial charge in [0.25, 0.3) is 0 Å². The highest BCUT2D eigenvalue weighted by Gasteiger charge is 2.14. The van der Waals surface area contributed by atoms with E-state index in [1.54, 1.807) is 18.2 Å². The maximum absolute atomic E-state index is 10.0. The molecule has 1 unspecified atom stereocenters. The molecule has 2 nitrogen and oxygen atoms in total. The van der Waals surface area contributed by atoms with Crippen molar-refractivity contribution in [3.05, 3.63) is 49.9 Å². The average molecular weight is 288 g/mol. The molecule has 5 heteroatoms. The Bertz CT molecular complexity index is 527. The monoisotopic (exact) mass is 287 g/mol. The molecule has 0 radical (unpaired) electrons. The number of benzene rings is 1. The lowest BCUT2D eigenvalue weighted by Gasteiger charge is -2.09. The van der Waals surface area contributed by atoms with Crippen molar-refractivity contribution in [3.8, 4) is 0 Å². The van der Waals surface area contributed by atoms with Gasteiger partial charge in [-0.25, -0.2) is 4.98 Å². The van der Waals surface area contributed by atoms with Crippen LogP contribution in [0, 0.1) is 6.92 Å². The number of aliphatic hydroxyl groups is 1. The molecule has 90 valence electrons. The molecule has 0 fully saturated rings. The predicted molar refractivity (Wildman–Crippen MR) is 72.0 cm³/mol. The largest absolute Gasteiger partial charge is 0.386 e. The Morgan fingerprint density at radius 3 is 2.82 bits per heavy atom. The van der Waals surface area contributed by atoms with Gasteiger partial charge in [-0.2, -0.15) is 0 Å². The second-order valence-corrected chi connectivity index (χ2v) is 5.52. The molecule has 0 bridgehead atoms. The Kier molecular flexibility index (Phi) is 4.05. The number of halogens is 2. The summed E-state index contributed by atoms with van der Waals surface area (Å²) in [6.07, 6.45) is -0.212. The van der Waals surface area contributed by atoms with Crippen LogP contribution in [-0.2, 0) is 6.42 Å². The van der Waals surface area contributed by atoms with Crippen LogP contribution >= 0.6 is 34.5 Å². The summed E-state index contributed by atoms with van der Waals surface area (Å²) < 4.78 is 0. The molecule has 1 aromatic heterocycles. The van der Waals surface area contributed by atoms with E-state index in [0.29, 0.717) is 21.5 Å². The van der Waals surface area contributed by atoms with Crippen LogP contribution in [0.2, 0.25) is 10.0 Å². The van der Waals surface area contributed by atoms with Crippen molar-refractivity contribution in [1.82, 2.24) is 4.98 Å². The molecule has 0 aliphatic heterocycles. The number of rotatable bonds is 3. The van der Waals surface area contributed by atoms with Crippen molar-refractivity contribution >= 4 is 34.5 Å². The lowest BCUT2D eigenvalue weighted by molar-refractivity contribution is 0.178. The number of aromatic nitrogens is 1. The maximum atomic E-state index is 10.0. The molecule has 0 aliphatic rings. The molecular formula is C12H11Cl2NOS. The summed E-state index contributed by atoms with van der Waals surface area (Å²) in [6, 6.07) is 5.24. The summed E-state index contributed by atoms with van der Waals surface area (Å²) in [5.74, 6) is 0. The van der Waals surface area contributed by atoms with Gasteiger partial charge in [-0.3, -0.25) is 0 Å². The van der Waals surface area contributed by atoms with Gasteiger partial charge in [0.05, 0.1) is 0 Å². The van der Waals surface area contributed by atoms with Gasteiger partial charge < -0.3 is 5.11 Å². The van der Waals surface area contributed by atoms with Crippen molar-refractivity contribution in [1.29, 1.82) is 0 Å². The van der Waals surface area contributed by atoms with Crippen LogP contribution in [0.1, 0.15) is 22.4 Å². The quantitative estimate of drug-likeness (QED) is 0.924. The number of hydrogen-bond acceptors (Lipinski definition) is 3.